The maximum atomic E-state index is 12.4. The van der Waals surface area contributed by atoms with Crippen LogP contribution in [0.4, 0.5) is 10.8 Å². The van der Waals surface area contributed by atoms with Gasteiger partial charge in [-0.1, -0.05) is 29.8 Å². The minimum atomic E-state index is -0.326. The van der Waals surface area contributed by atoms with Crippen molar-refractivity contribution in [1.29, 1.82) is 0 Å². The Morgan fingerprint density at radius 3 is 2.74 bits per heavy atom. The third kappa shape index (κ3) is 4.99. The molecule has 0 bridgehead atoms. The molecule has 0 saturated carbocycles. The highest BCUT2D eigenvalue weighted by Crippen LogP contribution is 2.38. The van der Waals surface area contributed by atoms with Gasteiger partial charge in [0, 0.05) is 11.1 Å². The van der Waals surface area contributed by atoms with E-state index in [1.54, 1.807) is 11.3 Å². The molecule has 1 aromatic carbocycles. The first-order valence-electron chi connectivity index (χ1n) is 10.0. The second-order valence-electron chi connectivity index (χ2n) is 7.49. The number of esters is 1. The number of aromatic nitrogens is 2. The van der Waals surface area contributed by atoms with Crippen molar-refractivity contribution in [2.24, 2.45) is 0 Å². The van der Waals surface area contributed by atoms with Crippen molar-refractivity contribution >= 4 is 61.4 Å². The van der Waals surface area contributed by atoms with Crippen LogP contribution in [-0.2, 0) is 24.1 Å². The molecule has 0 saturated heterocycles. The molecule has 2 heterocycles. The molecule has 31 heavy (non-hydrogen) atoms. The van der Waals surface area contributed by atoms with Crippen LogP contribution in [-0.4, -0.2) is 28.0 Å². The minimum absolute atomic E-state index is 0.326. The molecule has 0 amide bonds. The lowest BCUT2D eigenvalue weighted by atomic mass is 9.95. The smallest absolute Gasteiger partial charge is 0.341 e. The molecular formula is C22H23BrN4O2S2. The summed E-state index contributed by atoms with van der Waals surface area (Å²) in [7, 11) is 1.41. The van der Waals surface area contributed by atoms with Gasteiger partial charge in [0.25, 0.3) is 0 Å². The van der Waals surface area contributed by atoms with Gasteiger partial charge in [-0.25, -0.2) is 4.79 Å². The number of rotatable bonds is 5. The van der Waals surface area contributed by atoms with Crippen LogP contribution in [0.1, 0.15) is 44.8 Å². The van der Waals surface area contributed by atoms with Gasteiger partial charge in [-0.2, -0.15) is 5.10 Å². The lowest BCUT2D eigenvalue weighted by molar-refractivity contribution is 0.0601. The number of benzene rings is 1. The predicted molar refractivity (Wildman–Crippen MR) is 132 cm³/mol. The second-order valence-corrected chi connectivity index (χ2v) is 9.86. The Labute approximate surface area is 199 Å². The molecule has 1 aliphatic carbocycles. The molecule has 0 aliphatic heterocycles. The lowest BCUT2D eigenvalue weighted by Crippen LogP contribution is -2.21. The third-order valence-corrected chi connectivity index (χ3v) is 7.19. The molecule has 3 aromatic rings. The zero-order chi connectivity index (χ0) is 22.0. The summed E-state index contributed by atoms with van der Waals surface area (Å²) in [6, 6.07) is 8.37. The van der Waals surface area contributed by atoms with E-state index in [4.69, 9.17) is 17.0 Å². The maximum absolute atomic E-state index is 12.4. The van der Waals surface area contributed by atoms with E-state index in [-0.39, 0.29) is 5.97 Å². The van der Waals surface area contributed by atoms with Crippen LogP contribution in [0, 0.1) is 6.92 Å². The van der Waals surface area contributed by atoms with Gasteiger partial charge in [-0.15, -0.1) is 11.3 Å². The van der Waals surface area contributed by atoms with Crippen molar-refractivity contribution < 1.29 is 9.53 Å². The molecule has 9 heteroatoms. The Hall–Kier alpha value is -2.23. The van der Waals surface area contributed by atoms with E-state index in [0.29, 0.717) is 23.0 Å². The van der Waals surface area contributed by atoms with E-state index < -0.39 is 0 Å². The SMILES string of the molecule is COC(=O)c1c(NC(=S)Nc2nn(Cc3ccc(C)cc3)cc2Br)sc2c1CCCC2. The standard InChI is InChI=1S/C22H23BrN4O2S2/c1-13-7-9-14(10-8-13)11-27-12-16(23)19(26-27)24-22(30)25-20-18(21(28)29-2)15-5-3-4-6-17(15)31-20/h7-10,12H,3-6,11H2,1-2H3,(H2,24,25,26,30). The van der Waals surface area contributed by atoms with Gasteiger partial charge in [0.2, 0.25) is 0 Å². The minimum Gasteiger partial charge on any atom is -0.465 e. The number of methoxy groups -OCH3 is 1. The number of aryl methyl sites for hydroxylation is 2. The van der Waals surface area contributed by atoms with Crippen molar-refractivity contribution in [2.75, 3.05) is 17.7 Å². The summed E-state index contributed by atoms with van der Waals surface area (Å²) in [5.74, 6) is 0.291. The number of carbonyl (C=O) groups is 1. The van der Waals surface area contributed by atoms with Crippen molar-refractivity contribution in [3.05, 3.63) is 62.1 Å². The van der Waals surface area contributed by atoms with Crippen LogP contribution in [0.25, 0.3) is 0 Å². The number of anilines is 2. The molecule has 2 aromatic heterocycles. The number of thiophene rings is 1. The molecule has 0 radical (unpaired) electrons. The normalized spacial score (nSPS) is 12.9. The highest BCUT2D eigenvalue weighted by Gasteiger charge is 2.26. The number of carbonyl (C=O) groups excluding carboxylic acids is 1. The zero-order valence-corrected chi connectivity index (χ0v) is 20.5. The fourth-order valence-corrected chi connectivity index (χ4v) is 5.62. The monoisotopic (exact) mass is 518 g/mol. The summed E-state index contributed by atoms with van der Waals surface area (Å²) in [6.07, 6.45) is 6.02. The molecule has 6 nitrogen and oxygen atoms in total. The molecule has 0 unspecified atom stereocenters. The first-order valence-corrected chi connectivity index (χ1v) is 12.1. The number of fused-ring (bicyclic) bond motifs is 1. The van der Waals surface area contributed by atoms with Crippen molar-refractivity contribution in [2.45, 2.75) is 39.2 Å². The summed E-state index contributed by atoms with van der Waals surface area (Å²) >= 11 is 10.6. The number of nitrogens with one attached hydrogen (secondary N) is 2. The molecule has 4 rings (SSSR count). The predicted octanol–water partition coefficient (Wildman–Crippen LogP) is 5.54. The average molecular weight is 519 g/mol. The molecular weight excluding hydrogens is 496 g/mol. The van der Waals surface area contributed by atoms with E-state index in [0.717, 1.165) is 40.7 Å². The van der Waals surface area contributed by atoms with E-state index in [1.807, 2.05) is 10.9 Å². The van der Waals surface area contributed by atoms with Gasteiger partial charge in [-0.05, 0) is 71.9 Å². The van der Waals surface area contributed by atoms with Gasteiger partial charge in [0.05, 0.1) is 23.7 Å². The molecule has 0 fully saturated rings. The number of thiocarbonyl (C=S) groups is 1. The van der Waals surface area contributed by atoms with Crippen LogP contribution in [0.3, 0.4) is 0 Å². The Morgan fingerprint density at radius 2 is 2.00 bits per heavy atom. The zero-order valence-electron chi connectivity index (χ0n) is 17.3. The Balaban J connectivity index is 1.48. The number of halogens is 1. The van der Waals surface area contributed by atoms with E-state index in [2.05, 4.69) is 62.9 Å². The van der Waals surface area contributed by atoms with Crippen molar-refractivity contribution in [3.63, 3.8) is 0 Å². The third-order valence-electron chi connectivity index (χ3n) is 5.20. The van der Waals surface area contributed by atoms with E-state index in [1.165, 1.54) is 23.1 Å². The quantitative estimate of drug-likeness (QED) is 0.341. The fraction of sp³-hybridized carbons (Fsp3) is 0.318. The Bertz CT molecular complexity index is 1120. The van der Waals surface area contributed by atoms with Gasteiger partial charge in [-0.3, -0.25) is 4.68 Å². The summed E-state index contributed by atoms with van der Waals surface area (Å²) in [5, 5.41) is 12.0. The fourth-order valence-electron chi connectivity index (χ4n) is 3.66. The van der Waals surface area contributed by atoms with Crippen LogP contribution in [0.15, 0.2) is 34.9 Å². The highest BCUT2D eigenvalue weighted by atomic mass is 79.9. The largest absolute Gasteiger partial charge is 0.465 e. The molecule has 162 valence electrons. The van der Waals surface area contributed by atoms with Crippen LogP contribution in [0.5, 0.6) is 0 Å². The van der Waals surface area contributed by atoms with Crippen molar-refractivity contribution in [3.8, 4) is 0 Å². The molecule has 0 atom stereocenters. The Kier molecular flexibility index (Phi) is 6.74. The van der Waals surface area contributed by atoms with Gasteiger partial charge in [0.15, 0.2) is 10.9 Å². The number of hydrogen-bond acceptors (Lipinski definition) is 5. The molecule has 2 N–H and O–H groups in total. The van der Waals surface area contributed by atoms with Gasteiger partial charge < -0.3 is 15.4 Å². The molecule has 1 aliphatic rings. The summed E-state index contributed by atoms with van der Waals surface area (Å²) in [4.78, 5) is 13.7. The summed E-state index contributed by atoms with van der Waals surface area (Å²) in [5.41, 5.74) is 4.10. The first-order chi connectivity index (χ1) is 14.9. The number of ether oxygens (including phenoxy) is 1. The maximum Gasteiger partial charge on any atom is 0.341 e. The molecule has 0 spiro atoms. The summed E-state index contributed by atoms with van der Waals surface area (Å²) in [6.45, 7) is 2.73. The second kappa shape index (κ2) is 9.50. The van der Waals surface area contributed by atoms with Crippen molar-refractivity contribution in [1.82, 2.24) is 9.78 Å². The van der Waals surface area contributed by atoms with E-state index >= 15 is 0 Å². The number of nitrogens with zero attached hydrogens (tertiary/aromatic N) is 2. The highest BCUT2D eigenvalue weighted by molar-refractivity contribution is 9.10. The van der Waals surface area contributed by atoms with Crippen LogP contribution < -0.4 is 10.6 Å². The lowest BCUT2D eigenvalue weighted by Gasteiger charge is -2.12. The van der Waals surface area contributed by atoms with Crippen LogP contribution >= 0.6 is 39.5 Å². The van der Waals surface area contributed by atoms with Crippen LogP contribution in [0.2, 0.25) is 0 Å². The van der Waals surface area contributed by atoms with Gasteiger partial charge >= 0.3 is 5.97 Å². The first kappa shape index (κ1) is 22.0. The number of hydrogen-bond donors (Lipinski definition) is 2. The summed E-state index contributed by atoms with van der Waals surface area (Å²) < 4.78 is 7.69. The van der Waals surface area contributed by atoms with Gasteiger partial charge in [0.1, 0.15) is 5.00 Å². The Morgan fingerprint density at radius 1 is 1.26 bits per heavy atom. The topological polar surface area (TPSA) is 68.2 Å². The van der Waals surface area contributed by atoms with E-state index in [9.17, 15) is 4.79 Å². The average Bonchev–Trinajstić information content (AvgIpc) is 3.28.